The second-order valence-corrected chi connectivity index (χ2v) is 5.20. The zero-order valence-electron chi connectivity index (χ0n) is 9.34. The Hall–Kier alpha value is -0.860. The van der Waals surface area contributed by atoms with Crippen LogP contribution < -0.4 is 5.32 Å². The Morgan fingerprint density at radius 1 is 1.33 bits per heavy atom. The Balaban J connectivity index is 2.10. The quantitative estimate of drug-likeness (QED) is 0.671. The third-order valence-corrected chi connectivity index (χ3v) is 3.97. The van der Waals surface area contributed by atoms with Gasteiger partial charge in [0, 0.05) is 12.8 Å². The Bertz CT molecular complexity index is 269. The predicted octanol–water partition coefficient (Wildman–Crippen LogP) is 2.01. The molecular formula is C12H19NO2. The van der Waals surface area contributed by atoms with E-state index in [9.17, 15) is 9.59 Å². The van der Waals surface area contributed by atoms with Crippen LogP contribution in [-0.2, 0) is 9.59 Å². The summed E-state index contributed by atoms with van der Waals surface area (Å²) >= 11 is 0. The first kappa shape index (κ1) is 10.7. The Morgan fingerprint density at radius 3 is 2.60 bits per heavy atom. The normalized spacial score (nSPS) is 30.3. The first-order valence-electron chi connectivity index (χ1n) is 5.96. The topological polar surface area (TPSA) is 46.2 Å². The summed E-state index contributed by atoms with van der Waals surface area (Å²) in [6.07, 6.45) is 6.89. The molecule has 0 aromatic rings. The zero-order chi connectivity index (χ0) is 10.9. The van der Waals surface area contributed by atoms with Gasteiger partial charge in [0.2, 0.25) is 11.8 Å². The molecule has 1 saturated heterocycles. The molecule has 0 radical (unpaired) electrons. The minimum atomic E-state index is -0.0667. The Kier molecular flexibility index (Phi) is 2.81. The van der Waals surface area contributed by atoms with E-state index in [0.717, 1.165) is 18.8 Å². The molecule has 1 saturated carbocycles. The molecule has 3 nitrogen and oxygen atoms in total. The second-order valence-electron chi connectivity index (χ2n) is 5.20. The number of rotatable bonds is 1. The summed E-state index contributed by atoms with van der Waals surface area (Å²) in [6, 6.07) is 0. The highest BCUT2D eigenvalue weighted by Gasteiger charge is 2.42. The number of piperidine rings is 1. The molecule has 0 aromatic carbocycles. The van der Waals surface area contributed by atoms with Crippen LogP contribution in [0.5, 0.6) is 0 Å². The first-order valence-corrected chi connectivity index (χ1v) is 5.96. The van der Waals surface area contributed by atoms with Gasteiger partial charge < -0.3 is 0 Å². The van der Waals surface area contributed by atoms with Gasteiger partial charge in [-0.2, -0.15) is 0 Å². The number of carbonyl (C=O) groups is 2. The molecule has 3 heteroatoms. The Morgan fingerprint density at radius 2 is 2.00 bits per heavy atom. The van der Waals surface area contributed by atoms with E-state index in [2.05, 4.69) is 12.2 Å². The Labute approximate surface area is 90.6 Å². The molecule has 84 valence electrons. The van der Waals surface area contributed by atoms with Gasteiger partial charge in [-0.3, -0.25) is 14.9 Å². The fraction of sp³-hybridized carbons (Fsp3) is 0.833. The number of hydrogen-bond acceptors (Lipinski definition) is 2. The van der Waals surface area contributed by atoms with E-state index in [-0.39, 0.29) is 17.2 Å². The standard InChI is InChI=1S/C12H19NO2/c1-2-9-4-3-5-12(6-9)7-10(14)13-11(15)8-12/h9H,2-8H2,1H3,(H,13,14,15). The van der Waals surface area contributed by atoms with Crippen molar-refractivity contribution in [1.29, 1.82) is 0 Å². The van der Waals surface area contributed by atoms with Gasteiger partial charge in [0.15, 0.2) is 0 Å². The average molecular weight is 209 g/mol. The van der Waals surface area contributed by atoms with E-state index in [1.54, 1.807) is 0 Å². The van der Waals surface area contributed by atoms with E-state index in [0.29, 0.717) is 12.8 Å². The summed E-state index contributed by atoms with van der Waals surface area (Å²) in [5.74, 6) is 0.587. The lowest BCUT2D eigenvalue weighted by atomic mass is 9.64. The molecular weight excluding hydrogens is 190 g/mol. The highest BCUT2D eigenvalue weighted by molar-refractivity contribution is 5.98. The van der Waals surface area contributed by atoms with Crippen molar-refractivity contribution in [2.75, 3.05) is 0 Å². The largest absolute Gasteiger partial charge is 0.296 e. The lowest BCUT2D eigenvalue weighted by Crippen LogP contribution is -2.46. The van der Waals surface area contributed by atoms with Crippen LogP contribution in [0.15, 0.2) is 0 Å². The van der Waals surface area contributed by atoms with Gasteiger partial charge in [0.25, 0.3) is 0 Å². The lowest BCUT2D eigenvalue weighted by Gasteiger charge is -2.42. The minimum absolute atomic E-state index is 0.0122. The fourth-order valence-corrected chi connectivity index (χ4v) is 3.24. The van der Waals surface area contributed by atoms with Gasteiger partial charge >= 0.3 is 0 Å². The van der Waals surface area contributed by atoms with Gasteiger partial charge in [0.05, 0.1) is 0 Å². The van der Waals surface area contributed by atoms with E-state index in [1.807, 2.05) is 0 Å². The van der Waals surface area contributed by atoms with E-state index in [1.165, 1.54) is 19.3 Å². The average Bonchev–Trinajstić information content (AvgIpc) is 2.15. The maximum Gasteiger partial charge on any atom is 0.227 e. The highest BCUT2D eigenvalue weighted by atomic mass is 16.2. The predicted molar refractivity (Wildman–Crippen MR) is 57.1 cm³/mol. The van der Waals surface area contributed by atoms with Crippen molar-refractivity contribution in [3.8, 4) is 0 Å². The highest BCUT2D eigenvalue weighted by Crippen LogP contribution is 2.46. The molecule has 1 aliphatic heterocycles. The number of amides is 2. The number of nitrogens with one attached hydrogen (secondary N) is 1. The molecule has 1 aliphatic carbocycles. The number of imide groups is 1. The van der Waals surface area contributed by atoms with Crippen molar-refractivity contribution in [1.82, 2.24) is 5.32 Å². The summed E-state index contributed by atoms with van der Waals surface area (Å²) in [6.45, 7) is 2.20. The van der Waals surface area contributed by atoms with Crippen molar-refractivity contribution in [2.24, 2.45) is 11.3 Å². The van der Waals surface area contributed by atoms with Crippen molar-refractivity contribution in [3.05, 3.63) is 0 Å². The molecule has 2 aliphatic rings. The summed E-state index contributed by atoms with van der Waals surface area (Å²) in [4.78, 5) is 22.8. The maximum atomic E-state index is 11.4. The van der Waals surface area contributed by atoms with E-state index in [4.69, 9.17) is 0 Å². The van der Waals surface area contributed by atoms with E-state index >= 15 is 0 Å². The molecule has 1 unspecified atom stereocenters. The minimum Gasteiger partial charge on any atom is -0.296 e. The van der Waals surface area contributed by atoms with Gasteiger partial charge in [-0.05, 0) is 24.2 Å². The van der Waals surface area contributed by atoms with Crippen LogP contribution in [0.25, 0.3) is 0 Å². The van der Waals surface area contributed by atoms with Crippen LogP contribution in [0.1, 0.15) is 51.9 Å². The van der Waals surface area contributed by atoms with Crippen LogP contribution >= 0.6 is 0 Å². The molecule has 0 bridgehead atoms. The molecule has 1 N–H and O–H groups in total. The smallest absolute Gasteiger partial charge is 0.227 e. The number of carbonyl (C=O) groups excluding carboxylic acids is 2. The van der Waals surface area contributed by atoms with Crippen molar-refractivity contribution in [3.63, 3.8) is 0 Å². The monoisotopic (exact) mass is 209 g/mol. The van der Waals surface area contributed by atoms with Crippen molar-refractivity contribution < 1.29 is 9.59 Å². The van der Waals surface area contributed by atoms with Gasteiger partial charge in [0.1, 0.15) is 0 Å². The third-order valence-electron chi connectivity index (χ3n) is 3.97. The molecule has 15 heavy (non-hydrogen) atoms. The zero-order valence-corrected chi connectivity index (χ0v) is 9.34. The molecule has 1 spiro atoms. The van der Waals surface area contributed by atoms with Crippen LogP contribution in [0.4, 0.5) is 0 Å². The summed E-state index contributed by atoms with van der Waals surface area (Å²) in [5.41, 5.74) is 0.0122. The number of hydrogen-bond donors (Lipinski definition) is 1. The molecule has 2 amide bonds. The molecule has 2 fully saturated rings. The van der Waals surface area contributed by atoms with Gasteiger partial charge in [-0.1, -0.05) is 26.2 Å². The van der Waals surface area contributed by atoms with Crippen molar-refractivity contribution >= 4 is 11.8 Å². The van der Waals surface area contributed by atoms with Gasteiger partial charge in [-0.25, -0.2) is 0 Å². The molecule has 1 atom stereocenters. The summed E-state index contributed by atoms with van der Waals surface area (Å²) in [5, 5.41) is 2.41. The second kappa shape index (κ2) is 3.95. The van der Waals surface area contributed by atoms with Crippen LogP contribution in [-0.4, -0.2) is 11.8 Å². The van der Waals surface area contributed by atoms with Crippen LogP contribution in [0.3, 0.4) is 0 Å². The molecule has 2 rings (SSSR count). The molecule has 0 aromatic heterocycles. The third kappa shape index (κ3) is 2.21. The maximum absolute atomic E-state index is 11.4. The summed E-state index contributed by atoms with van der Waals surface area (Å²) < 4.78 is 0. The van der Waals surface area contributed by atoms with Gasteiger partial charge in [-0.15, -0.1) is 0 Å². The van der Waals surface area contributed by atoms with Crippen LogP contribution in [0.2, 0.25) is 0 Å². The first-order chi connectivity index (χ1) is 7.13. The van der Waals surface area contributed by atoms with Crippen LogP contribution in [0, 0.1) is 11.3 Å². The fourth-order valence-electron chi connectivity index (χ4n) is 3.24. The lowest BCUT2D eigenvalue weighted by molar-refractivity contribution is -0.139. The van der Waals surface area contributed by atoms with Crippen molar-refractivity contribution in [2.45, 2.75) is 51.9 Å². The molecule has 1 heterocycles. The SMILES string of the molecule is CCC1CCCC2(CC(=O)NC(=O)C2)C1. The van der Waals surface area contributed by atoms with E-state index < -0.39 is 0 Å². The summed E-state index contributed by atoms with van der Waals surface area (Å²) in [7, 11) is 0.